The van der Waals surface area contributed by atoms with E-state index in [1.54, 1.807) is 35.6 Å². The molecule has 4 rings (SSSR count). The molecule has 32 heavy (non-hydrogen) atoms. The van der Waals surface area contributed by atoms with Crippen LogP contribution in [-0.4, -0.2) is 41.7 Å². The fraction of sp³-hybridized carbons (Fsp3) is 0.227. The Morgan fingerprint density at radius 1 is 1.19 bits per heavy atom. The molecule has 7 nitrogen and oxygen atoms in total. The van der Waals surface area contributed by atoms with E-state index in [0.29, 0.717) is 22.2 Å². The summed E-state index contributed by atoms with van der Waals surface area (Å²) in [5, 5.41) is 1.14. The lowest BCUT2D eigenvalue weighted by atomic mass is 10.1. The first-order valence-corrected chi connectivity index (χ1v) is 13.0. The molecule has 1 amide bonds. The second kappa shape index (κ2) is 9.40. The second-order valence-corrected chi connectivity index (χ2v) is 10.8. The molecule has 166 valence electrons. The zero-order chi connectivity index (χ0) is 22.7. The number of sulfone groups is 1. The molecule has 0 unspecified atom stereocenters. The Hall–Kier alpha value is -2.75. The molecule has 10 heteroatoms. The second-order valence-electron chi connectivity index (χ2n) is 7.38. The molecule has 0 atom stereocenters. The largest absolute Gasteiger partial charge is 0.337 e. The van der Waals surface area contributed by atoms with E-state index >= 15 is 0 Å². The fourth-order valence-corrected chi connectivity index (χ4v) is 5.24. The van der Waals surface area contributed by atoms with Crippen molar-refractivity contribution in [3.8, 4) is 0 Å². The number of fused-ring (bicyclic) bond motifs is 1. The number of halogens is 1. The number of nitrogens with zero attached hydrogens (tertiary/aromatic N) is 4. The SMILES string of the molecule is CS(=O)(=O)c1ccc(CC(=O)N(CCCn2ccnc2)c2nc3c(Cl)cccc3s2)cc1. The zero-order valence-electron chi connectivity index (χ0n) is 17.3. The van der Waals surface area contributed by atoms with Gasteiger partial charge in [0.15, 0.2) is 15.0 Å². The van der Waals surface area contributed by atoms with Gasteiger partial charge in [-0.15, -0.1) is 0 Å². The number of para-hydroxylation sites is 1. The van der Waals surface area contributed by atoms with Gasteiger partial charge in [0.1, 0.15) is 5.52 Å². The van der Waals surface area contributed by atoms with E-state index in [1.807, 2.05) is 22.9 Å². The van der Waals surface area contributed by atoms with Crippen molar-refractivity contribution < 1.29 is 13.2 Å². The standard InChI is InChI=1S/C22H21ClN4O3S2/c1-32(29,30)17-8-6-16(7-9-17)14-20(28)27(12-3-11-26-13-10-24-15-26)22-25-21-18(23)4-2-5-19(21)31-22/h2,4-10,13,15H,3,11-12,14H2,1H3. The maximum atomic E-state index is 13.3. The monoisotopic (exact) mass is 488 g/mol. The van der Waals surface area contributed by atoms with Crippen LogP contribution in [0.3, 0.4) is 0 Å². The number of rotatable bonds is 8. The minimum atomic E-state index is -3.28. The summed E-state index contributed by atoms with van der Waals surface area (Å²) in [6, 6.07) is 12.0. The van der Waals surface area contributed by atoms with Gasteiger partial charge in [-0.25, -0.2) is 18.4 Å². The van der Waals surface area contributed by atoms with Crippen LogP contribution >= 0.6 is 22.9 Å². The summed E-state index contributed by atoms with van der Waals surface area (Å²) < 4.78 is 26.3. The summed E-state index contributed by atoms with van der Waals surface area (Å²) in [6.45, 7) is 1.20. The Morgan fingerprint density at radius 3 is 2.62 bits per heavy atom. The molecule has 0 bridgehead atoms. The van der Waals surface area contributed by atoms with Crippen molar-refractivity contribution in [3.05, 3.63) is 71.8 Å². The summed E-state index contributed by atoms with van der Waals surface area (Å²) in [7, 11) is -3.28. The Kier molecular flexibility index (Phi) is 6.59. The lowest BCUT2D eigenvalue weighted by Crippen LogP contribution is -2.33. The van der Waals surface area contributed by atoms with Crippen molar-refractivity contribution in [1.29, 1.82) is 0 Å². The van der Waals surface area contributed by atoms with E-state index < -0.39 is 9.84 Å². The normalized spacial score (nSPS) is 11.7. The molecule has 0 spiro atoms. The van der Waals surface area contributed by atoms with Crippen LogP contribution in [0.4, 0.5) is 5.13 Å². The molecular formula is C22H21ClN4O3S2. The number of thiazole rings is 1. The molecule has 0 aliphatic carbocycles. The van der Waals surface area contributed by atoms with Crippen molar-refractivity contribution in [1.82, 2.24) is 14.5 Å². The highest BCUT2D eigenvalue weighted by molar-refractivity contribution is 7.90. The molecule has 2 aromatic carbocycles. The maximum absolute atomic E-state index is 13.3. The number of aryl methyl sites for hydroxylation is 1. The van der Waals surface area contributed by atoms with Crippen LogP contribution in [0.1, 0.15) is 12.0 Å². The van der Waals surface area contributed by atoms with Crippen LogP contribution in [0.15, 0.2) is 66.1 Å². The van der Waals surface area contributed by atoms with Gasteiger partial charge in [-0.05, 0) is 36.2 Å². The van der Waals surface area contributed by atoms with Crippen LogP contribution in [0.2, 0.25) is 5.02 Å². The van der Waals surface area contributed by atoms with Crippen molar-refractivity contribution in [2.24, 2.45) is 0 Å². The highest BCUT2D eigenvalue weighted by Crippen LogP contribution is 2.33. The van der Waals surface area contributed by atoms with Gasteiger partial charge in [-0.1, -0.05) is 41.1 Å². The molecule has 0 radical (unpaired) electrons. The number of benzene rings is 2. The van der Waals surface area contributed by atoms with E-state index in [1.165, 1.54) is 23.5 Å². The van der Waals surface area contributed by atoms with Crippen molar-refractivity contribution in [3.63, 3.8) is 0 Å². The Labute approximate surface area is 195 Å². The van der Waals surface area contributed by atoms with Gasteiger partial charge in [0.2, 0.25) is 5.91 Å². The number of carbonyl (C=O) groups excluding carboxylic acids is 1. The first-order chi connectivity index (χ1) is 15.3. The molecule has 0 saturated heterocycles. The summed E-state index contributed by atoms with van der Waals surface area (Å²) in [5.74, 6) is -0.113. The zero-order valence-corrected chi connectivity index (χ0v) is 19.7. The number of aromatic nitrogens is 3. The summed E-state index contributed by atoms with van der Waals surface area (Å²) in [5.41, 5.74) is 1.42. The highest BCUT2D eigenvalue weighted by Gasteiger charge is 2.21. The minimum absolute atomic E-state index is 0.113. The smallest absolute Gasteiger partial charge is 0.233 e. The van der Waals surface area contributed by atoms with Gasteiger partial charge >= 0.3 is 0 Å². The van der Waals surface area contributed by atoms with Crippen molar-refractivity contribution in [2.45, 2.75) is 24.3 Å². The molecule has 0 aliphatic rings. The van der Waals surface area contributed by atoms with E-state index in [2.05, 4.69) is 9.97 Å². The van der Waals surface area contributed by atoms with Gasteiger partial charge in [0.05, 0.1) is 27.4 Å². The minimum Gasteiger partial charge on any atom is -0.337 e. The fourth-order valence-electron chi connectivity index (χ4n) is 3.30. The van der Waals surface area contributed by atoms with Gasteiger partial charge in [0.25, 0.3) is 0 Å². The first-order valence-electron chi connectivity index (χ1n) is 9.91. The first kappa shape index (κ1) is 22.4. The van der Waals surface area contributed by atoms with Crippen LogP contribution in [0.5, 0.6) is 0 Å². The number of imidazole rings is 1. The van der Waals surface area contributed by atoms with Gasteiger partial charge in [0, 0.05) is 31.7 Å². The van der Waals surface area contributed by atoms with Crippen molar-refractivity contribution in [2.75, 3.05) is 17.7 Å². The number of hydrogen-bond donors (Lipinski definition) is 0. The van der Waals surface area contributed by atoms with E-state index in [0.717, 1.165) is 29.5 Å². The maximum Gasteiger partial charge on any atom is 0.233 e. The van der Waals surface area contributed by atoms with Crippen LogP contribution in [0, 0.1) is 0 Å². The average molecular weight is 489 g/mol. The summed E-state index contributed by atoms with van der Waals surface area (Å²) in [4.78, 5) is 23.9. The number of hydrogen-bond acceptors (Lipinski definition) is 6. The third-order valence-electron chi connectivity index (χ3n) is 4.95. The van der Waals surface area contributed by atoms with Gasteiger partial charge in [-0.2, -0.15) is 0 Å². The van der Waals surface area contributed by atoms with E-state index in [9.17, 15) is 13.2 Å². The predicted octanol–water partition coefficient (Wildman–Crippen LogP) is 4.22. The quantitative estimate of drug-likeness (QED) is 0.371. The van der Waals surface area contributed by atoms with Gasteiger partial charge in [-0.3, -0.25) is 9.69 Å². The molecule has 0 aliphatic heterocycles. The lowest BCUT2D eigenvalue weighted by Gasteiger charge is -2.20. The van der Waals surface area contributed by atoms with Crippen LogP contribution in [-0.2, 0) is 27.6 Å². The van der Waals surface area contributed by atoms with Crippen molar-refractivity contribution >= 4 is 54.0 Å². The molecule has 2 aromatic heterocycles. The topological polar surface area (TPSA) is 85.2 Å². The summed E-state index contributed by atoms with van der Waals surface area (Å²) >= 11 is 7.71. The Bertz CT molecular complexity index is 1330. The average Bonchev–Trinajstić information content (AvgIpc) is 3.41. The molecule has 4 aromatic rings. The predicted molar refractivity (Wildman–Crippen MR) is 127 cm³/mol. The molecule has 0 saturated carbocycles. The van der Waals surface area contributed by atoms with Crippen LogP contribution < -0.4 is 4.90 Å². The molecule has 0 N–H and O–H groups in total. The Morgan fingerprint density at radius 2 is 1.97 bits per heavy atom. The third-order valence-corrected chi connectivity index (χ3v) is 7.43. The Balaban J connectivity index is 1.56. The lowest BCUT2D eigenvalue weighted by molar-refractivity contribution is -0.118. The third kappa shape index (κ3) is 5.17. The number of amides is 1. The number of anilines is 1. The molecule has 0 fully saturated rings. The van der Waals surface area contributed by atoms with Gasteiger partial charge < -0.3 is 4.57 Å². The van der Waals surface area contributed by atoms with E-state index in [-0.39, 0.29) is 17.2 Å². The molecular weight excluding hydrogens is 468 g/mol. The number of carbonyl (C=O) groups is 1. The summed E-state index contributed by atoms with van der Waals surface area (Å²) in [6.07, 6.45) is 7.36. The molecule has 2 heterocycles. The van der Waals surface area contributed by atoms with E-state index in [4.69, 9.17) is 11.6 Å². The van der Waals surface area contributed by atoms with Crippen LogP contribution in [0.25, 0.3) is 10.2 Å². The highest BCUT2D eigenvalue weighted by atomic mass is 35.5.